The van der Waals surface area contributed by atoms with Crippen LogP contribution in [0.25, 0.3) is 0 Å². The molecule has 1 rings (SSSR count). The Morgan fingerprint density at radius 2 is 1.72 bits per heavy atom. The number of nitrogens with zero attached hydrogens (tertiary/aromatic N) is 1. The van der Waals surface area contributed by atoms with Gasteiger partial charge in [0, 0.05) is 0 Å². The SMILES string of the molecule is CN(C(=O)CCCCl)c1cc[c]([Ge+3])cc1.[OH-].[OH-].[OH-]. The molecule has 1 aromatic rings. The molecular formula is C11H16ClGeNO4. The first kappa shape index (κ1) is 22.6. The third-order valence-electron chi connectivity index (χ3n) is 2.15. The Balaban J connectivity index is -0.000000750. The fourth-order valence-corrected chi connectivity index (χ4v) is 1.70. The van der Waals surface area contributed by atoms with Gasteiger partial charge in [0.25, 0.3) is 0 Å². The second-order valence-electron chi connectivity index (χ2n) is 3.29. The minimum atomic E-state index is 0. The fourth-order valence-electron chi connectivity index (χ4n) is 1.21. The van der Waals surface area contributed by atoms with E-state index in [2.05, 4.69) is 0 Å². The van der Waals surface area contributed by atoms with Crippen LogP contribution in [0.15, 0.2) is 24.3 Å². The molecule has 1 aromatic carbocycles. The quantitative estimate of drug-likeness (QED) is 0.602. The summed E-state index contributed by atoms with van der Waals surface area (Å²) >= 11 is 7.57. The first-order valence-corrected chi connectivity index (χ1v) is 6.37. The van der Waals surface area contributed by atoms with Crippen LogP contribution >= 0.6 is 11.6 Å². The van der Waals surface area contributed by atoms with E-state index in [1.165, 1.54) is 4.40 Å². The van der Waals surface area contributed by atoms with E-state index in [9.17, 15) is 4.79 Å². The summed E-state index contributed by atoms with van der Waals surface area (Å²) in [7, 11) is 1.79. The molecule has 1 amide bonds. The average molecular weight is 334 g/mol. The summed E-state index contributed by atoms with van der Waals surface area (Å²) in [6.07, 6.45) is 1.24. The van der Waals surface area contributed by atoms with E-state index in [-0.39, 0.29) is 22.3 Å². The number of rotatable bonds is 4. The Morgan fingerprint density at radius 3 is 2.17 bits per heavy atom. The van der Waals surface area contributed by atoms with Crippen LogP contribution in [0.2, 0.25) is 0 Å². The average Bonchev–Trinajstić information content (AvgIpc) is 2.26. The van der Waals surface area contributed by atoms with Gasteiger partial charge in [-0.2, -0.15) is 0 Å². The van der Waals surface area contributed by atoms with E-state index in [1.54, 1.807) is 11.9 Å². The largest absolute Gasteiger partial charge is 0.870 e. The standard InChI is InChI=1S/C11H13ClGeNO.3H2O/c1-14(11(15)3-2-8-12)10-6-4-9(13)5-7-10;;;/h4-7H,2-3,8H2,1H3;3*1H2/q+3;;;/p-3. The van der Waals surface area contributed by atoms with Gasteiger partial charge in [-0.25, -0.2) is 0 Å². The number of hydrogen-bond donors (Lipinski definition) is 0. The topological polar surface area (TPSA) is 110 Å². The molecule has 0 aliphatic carbocycles. The van der Waals surface area contributed by atoms with Gasteiger partial charge in [-0.3, -0.25) is 0 Å². The van der Waals surface area contributed by atoms with Gasteiger partial charge in [0.15, 0.2) is 0 Å². The van der Waals surface area contributed by atoms with Gasteiger partial charge >= 0.3 is 104 Å². The van der Waals surface area contributed by atoms with Crippen molar-refractivity contribution in [1.29, 1.82) is 0 Å². The zero-order valence-corrected chi connectivity index (χ0v) is 12.9. The van der Waals surface area contributed by atoms with Gasteiger partial charge in [0.2, 0.25) is 0 Å². The molecule has 100 valence electrons. The molecule has 0 spiro atoms. The van der Waals surface area contributed by atoms with Crippen molar-refractivity contribution in [2.45, 2.75) is 12.8 Å². The molecule has 0 atom stereocenters. The molecule has 18 heavy (non-hydrogen) atoms. The second kappa shape index (κ2) is 11.5. The molecule has 0 unspecified atom stereocenters. The molecule has 0 fully saturated rings. The summed E-state index contributed by atoms with van der Waals surface area (Å²) in [5, 5.41) is 0. The predicted molar refractivity (Wildman–Crippen MR) is 71.0 cm³/mol. The normalized spacial score (nSPS) is 8.44. The Bertz CT molecular complexity index is 334. The van der Waals surface area contributed by atoms with E-state index in [4.69, 9.17) is 11.6 Å². The molecule has 7 heteroatoms. The fraction of sp³-hybridized carbons (Fsp3) is 0.364. The van der Waals surface area contributed by atoms with Gasteiger partial charge in [-0.15, -0.1) is 0 Å². The summed E-state index contributed by atoms with van der Waals surface area (Å²) in [6.45, 7) is 0. The van der Waals surface area contributed by atoms with E-state index < -0.39 is 0 Å². The molecule has 0 bridgehead atoms. The number of carbonyl (C=O) groups is 1. The number of benzene rings is 1. The van der Waals surface area contributed by atoms with Crippen LogP contribution in [0.4, 0.5) is 5.69 Å². The van der Waals surface area contributed by atoms with Gasteiger partial charge in [0.05, 0.1) is 0 Å². The van der Waals surface area contributed by atoms with Crippen molar-refractivity contribution in [1.82, 2.24) is 0 Å². The Hall–Kier alpha value is -0.597. The van der Waals surface area contributed by atoms with Gasteiger partial charge in [-0.05, 0) is 0 Å². The first-order chi connectivity index (χ1) is 7.15. The number of alkyl halides is 1. The monoisotopic (exact) mass is 335 g/mol. The minimum absolute atomic E-state index is 0. The summed E-state index contributed by atoms with van der Waals surface area (Å²) in [6, 6.07) is 7.91. The minimum Gasteiger partial charge on any atom is -0.870 e. The Labute approximate surface area is 120 Å². The summed E-state index contributed by atoms with van der Waals surface area (Å²) in [5.74, 6) is 0.646. The molecule has 0 heterocycles. The molecule has 0 aromatic heterocycles. The number of amides is 1. The van der Waals surface area contributed by atoms with Crippen molar-refractivity contribution in [2.24, 2.45) is 0 Å². The van der Waals surface area contributed by atoms with E-state index in [1.807, 2.05) is 40.8 Å². The maximum Gasteiger partial charge on any atom is -0.870 e. The van der Waals surface area contributed by atoms with Crippen LogP contribution in [0, 0.1) is 0 Å². The van der Waals surface area contributed by atoms with Crippen LogP contribution < -0.4 is 9.30 Å². The zero-order chi connectivity index (χ0) is 11.3. The van der Waals surface area contributed by atoms with Crippen LogP contribution in [0.3, 0.4) is 0 Å². The molecule has 0 saturated heterocycles. The van der Waals surface area contributed by atoms with Crippen molar-refractivity contribution in [2.75, 3.05) is 17.8 Å². The second-order valence-corrected chi connectivity index (χ2v) is 4.88. The Kier molecular flexibility index (Phi) is 14.4. The molecule has 0 aliphatic heterocycles. The van der Waals surface area contributed by atoms with E-state index in [0.717, 1.165) is 12.1 Å². The van der Waals surface area contributed by atoms with Crippen LogP contribution in [-0.4, -0.2) is 51.8 Å². The van der Waals surface area contributed by atoms with Crippen molar-refractivity contribution < 1.29 is 21.2 Å². The molecule has 0 radical (unpaired) electrons. The van der Waals surface area contributed by atoms with Crippen LogP contribution in [0.5, 0.6) is 0 Å². The Morgan fingerprint density at radius 1 is 1.22 bits per heavy atom. The molecule has 0 aliphatic rings. The third-order valence-corrected chi connectivity index (χ3v) is 3.12. The zero-order valence-electron chi connectivity index (χ0n) is 10.0. The van der Waals surface area contributed by atoms with Gasteiger partial charge in [-0.1, -0.05) is 0 Å². The predicted octanol–water partition coefficient (Wildman–Crippen LogP) is 0.932. The summed E-state index contributed by atoms with van der Waals surface area (Å²) in [5.41, 5.74) is 0.931. The molecule has 5 nitrogen and oxygen atoms in total. The maximum absolute atomic E-state index is 11.7. The molecular weight excluding hydrogens is 318 g/mol. The van der Waals surface area contributed by atoms with Gasteiger partial charge in [0.1, 0.15) is 0 Å². The van der Waals surface area contributed by atoms with E-state index >= 15 is 0 Å². The van der Waals surface area contributed by atoms with Crippen molar-refractivity contribution >= 4 is 44.1 Å². The van der Waals surface area contributed by atoms with Crippen LogP contribution in [0.1, 0.15) is 12.8 Å². The number of hydrogen-bond acceptors (Lipinski definition) is 4. The first-order valence-electron chi connectivity index (χ1n) is 4.79. The van der Waals surface area contributed by atoms with Crippen molar-refractivity contribution in [3.8, 4) is 0 Å². The van der Waals surface area contributed by atoms with Crippen molar-refractivity contribution in [3.63, 3.8) is 0 Å². The number of halogens is 1. The number of carbonyl (C=O) groups excluding carboxylic acids is 1. The maximum atomic E-state index is 11.7. The van der Waals surface area contributed by atoms with Crippen molar-refractivity contribution in [3.05, 3.63) is 24.3 Å². The molecule has 3 N–H and O–H groups in total. The summed E-state index contributed by atoms with van der Waals surface area (Å²) < 4.78 is 1.19. The summed E-state index contributed by atoms with van der Waals surface area (Å²) in [4.78, 5) is 13.3. The smallest absolute Gasteiger partial charge is 0.870 e. The number of anilines is 1. The van der Waals surface area contributed by atoms with Gasteiger partial charge < -0.3 is 16.4 Å². The molecule has 0 saturated carbocycles. The van der Waals surface area contributed by atoms with Crippen LogP contribution in [-0.2, 0) is 4.79 Å². The van der Waals surface area contributed by atoms with E-state index in [0.29, 0.717) is 12.3 Å². The third kappa shape index (κ3) is 6.98.